The first-order valence-corrected chi connectivity index (χ1v) is 8.29. The molecule has 0 radical (unpaired) electrons. The quantitative estimate of drug-likeness (QED) is 0.794. The second kappa shape index (κ2) is 7.42. The Balaban J connectivity index is 2.80. The summed E-state index contributed by atoms with van der Waals surface area (Å²) in [6.45, 7) is 5.33. The minimum Gasteiger partial charge on any atom is -0.481 e. The third-order valence-corrected chi connectivity index (χ3v) is 4.64. The summed E-state index contributed by atoms with van der Waals surface area (Å²) in [6.07, 6.45) is 0.0695. The normalized spacial score (nSPS) is 14.3. The van der Waals surface area contributed by atoms with E-state index in [2.05, 4.69) is 10.0 Å². The van der Waals surface area contributed by atoms with Gasteiger partial charge in [-0.25, -0.2) is 13.1 Å². The number of carbonyl (C=O) groups excluding carboxylic acids is 1. The van der Waals surface area contributed by atoms with E-state index in [9.17, 15) is 13.2 Å². The molecule has 7 heteroatoms. The number of nitrogens with one attached hydrogen (secondary N) is 2. The lowest BCUT2D eigenvalue weighted by Crippen LogP contribution is -2.33. The summed E-state index contributed by atoms with van der Waals surface area (Å²) < 4.78 is 32.1. The maximum absolute atomic E-state index is 12.1. The van der Waals surface area contributed by atoms with Gasteiger partial charge in [0.05, 0.1) is 4.90 Å². The lowest BCUT2D eigenvalue weighted by molar-refractivity contribution is -0.126. The minimum absolute atomic E-state index is 0.126. The summed E-state index contributed by atoms with van der Waals surface area (Å²) in [5.41, 5.74) is 0. The average molecular weight is 314 g/mol. The third-order valence-electron chi connectivity index (χ3n) is 3.03. The molecule has 1 aromatic rings. The van der Waals surface area contributed by atoms with Gasteiger partial charge in [0.2, 0.25) is 10.0 Å². The number of rotatable bonds is 7. The summed E-state index contributed by atoms with van der Waals surface area (Å²) in [5.74, 6) is 0.193. The summed E-state index contributed by atoms with van der Waals surface area (Å²) in [6, 6.07) is 5.85. The molecule has 0 saturated carbocycles. The van der Waals surface area contributed by atoms with Crippen molar-refractivity contribution in [2.24, 2.45) is 0 Å². The van der Waals surface area contributed by atoms with Gasteiger partial charge in [-0.15, -0.1) is 0 Å². The molecule has 0 aliphatic carbocycles. The summed E-state index contributed by atoms with van der Waals surface area (Å²) in [5, 5.41) is 2.48. The zero-order valence-corrected chi connectivity index (χ0v) is 13.5. The highest BCUT2D eigenvalue weighted by Crippen LogP contribution is 2.17. The first-order valence-electron chi connectivity index (χ1n) is 6.80. The van der Waals surface area contributed by atoms with Crippen LogP contribution in [0.5, 0.6) is 5.75 Å². The van der Waals surface area contributed by atoms with Crippen molar-refractivity contribution >= 4 is 15.9 Å². The molecule has 1 amide bonds. The van der Waals surface area contributed by atoms with Crippen LogP contribution in [0, 0.1) is 0 Å². The zero-order valence-electron chi connectivity index (χ0n) is 12.7. The van der Waals surface area contributed by atoms with E-state index in [-0.39, 0.29) is 16.8 Å². The van der Waals surface area contributed by atoms with Gasteiger partial charge in [0.1, 0.15) is 5.75 Å². The lowest BCUT2D eigenvalue weighted by Gasteiger charge is -2.14. The van der Waals surface area contributed by atoms with Crippen molar-refractivity contribution in [3.8, 4) is 5.75 Å². The Kier molecular flexibility index (Phi) is 6.17. The minimum atomic E-state index is -3.52. The number of likely N-dealkylation sites (N-methyl/N-ethyl adjacent to an activating group) is 1. The molecule has 1 aromatic carbocycles. The molecule has 2 N–H and O–H groups in total. The van der Waals surface area contributed by atoms with Crippen LogP contribution in [0.25, 0.3) is 0 Å². The SMILES string of the molecule is CC[C@@H](C)NS(=O)(=O)c1ccc(O[C@@H](C)C(=O)NC)cc1. The Hall–Kier alpha value is -1.60. The Bertz CT molecular complexity index is 569. The van der Waals surface area contributed by atoms with Crippen molar-refractivity contribution in [3.05, 3.63) is 24.3 Å². The lowest BCUT2D eigenvalue weighted by atomic mass is 10.3. The van der Waals surface area contributed by atoms with Crippen LogP contribution in [0.4, 0.5) is 0 Å². The van der Waals surface area contributed by atoms with Crippen LogP contribution in [-0.2, 0) is 14.8 Å². The Morgan fingerprint density at radius 1 is 1.24 bits per heavy atom. The van der Waals surface area contributed by atoms with Crippen LogP contribution >= 0.6 is 0 Å². The number of benzene rings is 1. The van der Waals surface area contributed by atoms with E-state index >= 15 is 0 Å². The maximum Gasteiger partial charge on any atom is 0.260 e. The van der Waals surface area contributed by atoms with E-state index in [1.807, 2.05) is 6.92 Å². The first-order chi connectivity index (χ1) is 9.80. The topological polar surface area (TPSA) is 84.5 Å². The fourth-order valence-corrected chi connectivity index (χ4v) is 2.90. The second-order valence-electron chi connectivity index (χ2n) is 4.78. The molecule has 0 aliphatic rings. The zero-order chi connectivity index (χ0) is 16.0. The van der Waals surface area contributed by atoms with Crippen molar-refractivity contribution in [2.75, 3.05) is 7.05 Å². The van der Waals surface area contributed by atoms with Gasteiger partial charge in [-0.2, -0.15) is 0 Å². The number of carbonyl (C=O) groups is 1. The molecule has 21 heavy (non-hydrogen) atoms. The Morgan fingerprint density at radius 3 is 2.29 bits per heavy atom. The monoisotopic (exact) mass is 314 g/mol. The molecule has 0 aliphatic heterocycles. The fourth-order valence-electron chi connectivity index (χ4n) is 1.57. The number of sulfonamides is 1. The van der Waals surface area contributed by atoms with E-state index < -0.39 is 16.1 Å². The molecule has 0 bridgehead atoms. The Morgan fingerprint density at radius 2 is 1.81 bits per heavy atom. The number of hydrogen-bond donors (Lipinski definition) is 2. The van der Waals surface area contributed by atoms with Crippen LogP contribution in [0.2, 0.25) is 0 Å². The number of ether oxygens (including phenoxy) is 1. The standard InChI is InChI=1S/C14H22N2O4S/c1-5-10(2)16-21(18,19)13-8-6-12(7-9-13)20-11(3)14(17)15-4/h6-11,16H,5H2,1-4H3,(H,15,17)/t10-,11+/m1/s1. The van der Waals surface area contributed by atoms with E-state index in [1.54, 1.807) is 13.8 Å². The van der Waals surface area contributed by atoms with Crippen molar-refractivity contribution in [2.45, 2.75) is 44.2 Å². The van der Waals surface area contributed by atoms with Crippen LogP contribution in [0.3, 0.4) is 0 Å². The molecule has 0 fully saturated rings. The van der Waals surface area contributed by atoms with Gasteiger partial charge in [-0.05, 0) is 44.5 Å². The van der Waals surface area contributed by atoms with Gasteiger partial charge in [0.25, 0.3) is 5.91 Å². The molecule has 0 saturated heterocycles. The highest BCUT2D eigenvalue weighted by atomic mass is 32.2. The van der Waals surface area contributed by atoms with Gasteiger partial charge >= 0.3 is 0 Å². The maximum atomic E-state index is 12.1. The fraction of sp³-hybridized carbons (Fsp3) is 0.500. The van der Waals surface area contributed by atoms with Crippen LogP contribution in [-0.4, -0.2) is 33.5 Å². The average Bonchev–Trinajstić information content (AvgIpc) is 2.46. The predicted octanol–water partition coefficient (Wildman–Crippen LogP) is 1.28. The van der Waals surface area contributed by atoms with Crippen LogP contribution < -0.4 is 14.8 Å². The van der Waals surface area contributed by atoms with Gasteiger partial charge in [-0.3, -0.25) is 4.79 Å². The highest BCUT2D eigenvalue weighted by molar-refractivity contribution is 7.89. The molecule has 1 rings (SSSR count). The largest absolute Gasteiger partial charge is 0.481 e. The summed E-state index contributed by atoms with van der Waals surface area (Å²) in [7, 11) is -2.00. The number of amides is 1. The van der Waals surface area contributed by atoms with Gasteiger partial charge < -0.3 is 10.1 Å². The Labute approximate surface area is 125 Å². The molecule has 0 unspecified atom stereocenters. The van der Waals surface area contributed by atoms with Crippen LogP contribution in [0.1, 0.15) is 27.2 Å². The molecular formula is C14H22N2O4S. The van der Waals surface area contributed by atoms with Gasteiger partial charge in [0.15, 0.2) is 6.10 Å². The van der Waals surface area contributed by atoms with Crippen molar-refractivity contribution in [1.29, 1.82) is 0 Å². The van der Waals surface area contributed by atoms with Crippen molar-refractivity contribution < 1.29 is 17.9 Å². The first kappa shape index (κ1) is 17.5. The molecule has 118 valence electrons. The number of hydrogen-bond acceptors (Lipinski definition) is 4. The van der Waals surface area contributed by atoms with Crippen LogP contribution in [0.15, 0.2) is 29.2 Å². The highest BCUT2D eigenvalue weighted by Gasteiger charge is 2.17. The predicted molar refractivity (Wildman–Crippen MR) is 80.7 cm³/mol. The van der Waals surface area contributed by atoms with E-state index in [0.717, 1.165) is 0 Å². The van der Waals surface area contributed by atoms with E-state index in [4.69, 9.17) is 4.74 Å². The van der Waals surface area contributed by atoms with Crippen molar-refractivity contribution in [3.63, 3.8) is 0 Å². The molecule has 2 atom stereocenters. The molecule has 0 aromatic heterocycles. The van der Waals surface area contributed by atoms with E-state index in [1.165, 1.54) is 31.3 Å². The smallest absolute Gasteiger partial charge is 0.260 e. The molecule has 0 spiro atoms. The summed E-state index contributed by atoms with van der Waals surface area (Å²) in [4.78, 5) is 11.5. The molecule has 6 nitrogen and oxygen atoms in total. The van der Waals surface area contributed by atoms with Crippen molar-refractivity contribution in [1.82, 2.24) is 10.0 Å². The van der Waals surface area contributed by atoms with Gasteiger partial charge in [0, 0.05) is 13.1 Å². The second-order valence-corrected chi connectivity index (χ2v) is 6.49. The van der Waals surface area contributed by atoms with Gasteiger partial charge in [-0.1, -0.05) is 6.92 Å². The summed E-state index contributed by atoms with van der Waals surface area (Å²) >= 11 is 0. The van der Waals surface area contributed by atoms with E-state index in [0.29, 0.717) is 12.2 Å². The molecular weight excluding hydrogens is 292 g/mol. The molecule has 0 heterocycles. The third kappa shape index (κ3) is 5.02.